The van der Waals surface area contributed by atoms with E-state index in [2.05, 4.69) is 16.9 Å². The summed E-state index contributed by atoms with van der Waals surface area (Å²) in [7, 11) is 0. The highest BCUT2D eigenvalue weighted by Crippen LogP contribution is 2.32. The third kappa shape index (κ3) is 5.31. The highest BCUT2D eigenvalue weighted by Gasteiger charge is 2.49. The van der Waals surface area contributed by atoms with Gasteiger partial charge in [-0.25, -0.2) is 13.8 Å². The van der Waals surface area contributed by atoms with Gasteiger partial charge >= 0.3 is 0 Å². The van der Waals surface area contributed by atoms with Crippen molar-refractivity contribution in [3.8, 4) is 5.75 Å². The van der Waals surface area contributed by atoms with Gasteiger partial charge in [-0.15, -0.1) is 6.58 Å². The van der Waals surface area contributed by atoms with Gasteiger partial charge in [-0.2, -0.15) is 0 Å². The lowest BCUT2D eigenvalue weighted by molar-refractivity contribution is -0.128. The summed E-state index contributed by atoms with van der Waals surface area (Å²) in [5.74, 6) is -0.888. The molecule has 1 aliphatic rings. The van der Waals surface area contributed by atoms with E-state index in [-0.39, 0.29) is 19.6 Å². The van der Waals surface area contributed by atoms with Crippen LogP contribution in [0.15, 0.2) is 60.1 Å². The predicted molar refractivity (Wildman–Crippen MR) is 116 cm³/mol. The van der Waals surface area contributed by atoms with Gasteiger partial charge in [0.15, 0.2) is 5.54 Å². The SMILES string of the molecule is C=CC[C@@]1(C(=O)NCc2cc(F)cc(F)c2)N=C(c2ccc(OCCCO)cc2)O[C@@H]1C. The quantitative estimate of drug-likeness (QED) is 0.434. The Bertz CT molecular complexity index is 974. The summed E-state index contributed by atoms with van der Waals surface area (Å²) >= 11 is 0. The number of carbonyl (C=O) groups excluding carboxylic acids is 1. The smallest absolute Gasteiger partial charge is 0.252 e. The first-order chi connectivity index (χ1) is 15.4. The second-order valence-electron chi connectivity index (χ2n) is 7.50. The maximum atomic E-state index is 13.4. The molecule has 0 saturated carbocycles. The molecular formula is C24H26F2N2O4. The number of halogens is 2. The first kappa shape index (κ1) is 23.4. The van der Waals surface area contributed by atoms with Gasteiger partial charge in [0.2, 0.25) is 5.90 Å². The minimum absolute atomic E-state index is 0.0517. The number of aliphatic hydroxyl groups is 1. The zero-order chi connectivity index (χ0) is 23.1. The number of ether oxygens (including phenoxy) is 2. The first-order valence-corrected chi connectivity index (χ1v) is 10.3. The highest BCUT2D eigenvalue weighted by molar-refractivity contribution is 6.00. The minimum Gasteiger partial charge on any atom is -0.494 e. The van der Waals surface area contributed by atoms with E-state index in [1.54, 1.807) is 37.3 Å². The Morgan fingerprint density at radius 1 is 1.28 bits per heavy atom. The summed E-state index contributed by atoms with van der Waals surface area (Å²) < 4.78 is 38.3. The zero-order valence-corrected chi connectivity index (χ0v) is 17.8. The van der Waals surface area contributed by atoms with Crippen LogP contribution in [0.1, 0.15) is 30.9 Å². The van der Waals surface area contributed by atoms with Crippen LogP contribution in [0.4, 0.5) is 8.78 Å². The normalized spacial score (nSPS) is 19.8. The molecule has 2 N–H and O–H groups in total. The van der Waals surface area contributed by atoms with Crippen LogP contribution in [0.2, 0.25) is 0 Å². The zero-order valence-electron chi connectivity index (χ0n) is 17.8. The van der Waals surface area contributed by atoms with Gasteiger partial charge in [0.05, 0.1) is 6.61 Å². The molecular weight excluding hydrogens is 418 g/mol. The topological polar surface area (TPSA) is 80.2 Å². The van der Waals surface area contributed by atoms with E-state index in [4.69, 9.17) is 14.6 Å². The van der Waals surface area contributed by atoms with Crippen LogP contribution in [0.5, 0.6) is 5.75 Å². The lowest BCUT2D eigenvalue weighted by atomic mass is 9.89. The molecule has 1 heterocycles. The fraction of sp³-hybridized carbons (Fsp3) is 0.333. The third-order valence-electron chi connectivity index (χ3n) is 5.16. The van der Waals surface area contributed by atoms with Crippen LogP contribution in [0, 0.1) is 11.6 Å². The molecule has 0 radical (unpaired) electrons. The number of carbonyl (C=O) groups is 1. The van der Waals surface area contributed by atoms with Crippen LogP contribution in [-0.4, -0.2) is 41.8 Å². The average molecular weight is 444 g/mol. The molecule has 2 aromatic rings. The Morgan fingerprint density at radius 2 is 1.97 bits per heavy atom. The van der Waals surface area contributed by atoms with Crippen molar-refractivity contribution >= 4 is 11.8 Å². The van der Waals surface area contributed by atoms with E-state index in [1.807, 2.05) is 0 Å². The molecule has 1 amide bonds. The highest BCUT2D eigenvalue weighted by atomic mass is 19.1. The van der Waals surface area contributed by atoms with Crippen molar-refractivity contribution in [2.45, 2.75) is 38.0 Å². The number of hydrogen-bond acceptors (Lipinski definition) is 5. The number of hydrogen-bond donors (Lipinski definition) is 2. The number of rotatable bonds is 10. The standard InChI is InChI=1S/C24H26F2N2O4/c1-3-9-24(23(30)27-15-17-12-19(25)14-20(26)13-17)16(2)32-22(28-24)18-5-7-21(8-6-18)31-11-4-10-29/h3,5-8,12-14,16,29H,1,4,9-11,15H2,2H3,(H,27,30)/t16-,24-/m1/s1. The van der Waals surface area contributed by atoms with Crippen LogP contribution >= 0.6 is 0 Å². The lowest BCUT2D eigenvalue weighted by Gasteiger charge is -2.26. The molecule has 0 spiro atoms. The molecule has 2 aromatic carbocycles. The Labute approximate surface area is 185 Å². The summed E-state index contributed by atoms with van der Waals surface area (Å²) in [4.78, 5) is 17.7. The van der Waals surface area contributed by atoms with Gasteiger partial charge in [0.1, 0.15) is 23.5 Å². The van der Waals surface area contributed by atoms with Crippen molar-refractivity contribution in [1.29, 1.82) is 0 Å². The molecule has 1 aliphatic heterocycles. The second-order valence-corrected chi connectivity index (χ2v) is 7.50. The Morgan fingerprint density at radius 3 is 2.59 bits per heavy atom. The van der Waals surface area contributed by atoms with Crippen molar-refractivity contribution in [1.82, 2.24) is 5.32 Å². The molecule has 32 heavy (non-hydrogen) atoms. The summed E-state index contributed by atoms with van der Waals surface area (Å²) in [5, 5.41) is 11.6. The van der Waals surface area contributed by atoms with Gasteiger partial charge in [0.25, 0.3) is 5.91 Å². The number of nitrogens with one attached hydrogen (secondary N) is 1. The largest absolute Gasteiger partial charge is 0.494 e. The van der Waals surface area contributed by atoms with E-state index >= 15 is 0 Å². The van der Waals surface area contributed by atoms with E-state index in [9.17, 15) is 13.6 Å². The van der Waals surface area contributed by atoms with E-state index in [0.717, 1.165) is 18.2 Å². The van der Waals surface area contributed by atoms with Crippen LogP contribution < -0.4 is 10.1 Å². The molecule has 2 atom stereocenters. The maximum Gasteiger partial charge on any atom is 0.252 e. The van der Waals surface area contributed by atoms with Crippen LogP contribution in [-0.2, 0) is 16.1 Å². The van der Waals surface area contributed by atoms with Crippen LogP contribution in [0.3, 0.4) is 0 Å². The van der Waals surface area contributed by atoms with Crippen molar-refractivity contribution in [3.63, 3.8) is 0 Å². The Hall–Kier alpha value is -3.26. The molecule has 170 valence electrons. The first-order valence-electron chi connectivity index (χ1n) is 10.3. The lowest BCUT2D eigenvalue weighted by Crippen LogP contribution is -2.50. The number of aliphatic hydroxyl groups excluding tert-OH is 1. The van der Waals surface area contributed by atoms with Gasteiger partial charge in [0, 0.05) is 37.6 Å². The van der Waals surface area contributed by atoms with E-state index in [1.165, 1.54) is 0 Å². The molecule has 0 unspecified atom stereocenters. The number of amides is 1. The average Bonchev–Trinajstić information content (AvgIpc) is 3.09. The molecule has 8 heteroatoms. The van der Waals surface area contributed by atoms with Gasteiger partial charge < -0.3 is 19.9 Å². The van der Waals surface area contributed by atoms with Gasteiger partial charge in [-0.3, -0.25) is 4.79 Å². The number of benzene rings is 2. The molecule has 0 aromatic heterocycles. The number of nitrogens with zero attached hydrogens (tertiary/aromatic N) is 1. The van der Waals surface area contributed by atoms with E-state index < -0.39 is 29.2 Å². The summed E-state index contributed by atoms with van der Waals surface area (Å²) in [6.45, 7) is 5.89. The fourth-order valence-electron chi connectivity index (χ4n) is 3.45. The number of aliphatic imine (C=N–C) groups is 1. The monoisotopic (exact) mass is 444 g/mol. The third-order valence-corrected chi connectivity index (χ3v) is 5.16. The molecule has 6 nitrogen and oxygen atoms in total. The predicted octanol–water partition coefficient (Wildman–Crippen LogP) is 3.52. The van der Waals surface area contributed by atoms with Crippen molar-refractivity contribution in [2.75, 3.05) is 13.2 Å². The van der Waals surface area contributed by atoms with Gasteiger partial charge in [-0.1, -0.05) is 6.08 Å². The van der Waals surface area contributed by atoms with Crippen molar-refractivity contribution < 1.29 is 28.2 Å². The molecule has 0 fully saturated rings. The maximum absolute atomic E-state index is 13.4. The van der Waals surface area contributed by atoms with Crippen LogP contribution in [0.25, 0.3) is 0 Å². The molecule has 0 bridgehead atoms. The summed E-state index contributed by atoms with van der Waals surface area (Å²) in [5.41, 5.74) is -0.270. The fourth-order valence-corrected chi connectivity index (χ4v) is 3.45. The molecule has 0 aliphatic carbocycles. The second kappa shape index (κ2) is 10.4. The van der Waals surface area contributed by atoms with E-state index in [0.29, 0.717) is 35.8 Å². The van der Waals surface area contributed by atoms with Crippen molar-refractivity contribution in [3.05, 3.63) is 77.9 Å². The molecule has 3 rings (SSSR count). The van der Waals surface area contributed by atoms with Crippen molar-refractivity contribution in [2.24, 2.45) is 4.99 Å². The Balaban J connectivity index is 1.77. The Kier molecular flexibility index (Phi) is 7.58. The minimum atomic E-state index is -1.25. The molecule has 0 saturated heterocycles. The summed E-state index contributed by atoms with van der Waals surface area (Å²) in [6, 6.07) is 10.2. The summed E-state index contributed by atoms with van der Waals surface area (Å²) in [6.07, 6.45) is 1.77. The van der Waals surface area contributed by atoms with Gasteiger partial charge in [-0.05, 0) is 48.9 Å².